The van der Waals surface area contributed by atoms with Gasteiger partial charge in [-0.1, -0.05) is 48.5 Å². The number of amides is 2. The Morgan fingerprint density at radius 2 is 1.50 bits per heavy atom. The number of hydrogen-bond acceptors (Lipinski definition) is 5. The molecule has 1 atom stereocenters. The molecule has 0 aliphatic heterocycles. The van der Waals surface area contributed by atoms with Crippen LogP contribution in [0.1, 0.15) is 44.2 Å². The van der Waals surface area contributed by atoms with Gasteiger partial charge in [-0.3, -0.25) is 4.79 Å². The number of esters is 1. The SMILES string of the molecule is CN(C)C(=O)C[C@H](NC(=O)OCC1c2ccccc2-c2ccccc21)C(=O)OC(C)(C)C. The zero-order chi connectivity index (χ0) is 23.5. The van der Waals surface area contributed by atoms with Crippen LogP contribution >= 0.6 is 0 Å². The fraction of sp³-hybridized carbons (Fsp3) is 0.400. The largest absolute Gasteiger partial charge is 0.458 e. The smallest absolute Gasteiger partial charge is 0.407 e. The molecule has 2 aromatic carbocycles. The highest BCUT2D eigenvalue weighted by Gasteiger charge is 2.32. The highest BCUT2D eigenvalue weighted by Crippen LogP contribution is 2.44. The van der Waals surface area contributed by atoms with Gasteiger partial charge >= 0.3 is 12.1 Å². The van der Waals surface area contributed by atoms with Gasteiger partial charge in [0.05, 0.1) is 6.42 Å². The van der Waals surface area contributed by atoms with Gasteiger partial charge in [0.25, 0.3) is 0 Å². The molecule has 7 heteroatoms. The first kappa shape index (κ1) is 23.3. The van der Waals surface area contributed by atoms with Gasteiger partial charge in [0.15, 0.2) is 0 Å². The van der Waals surface area contributed by atoms with E-state index in [1.165, 1.54) is 4.90 Å². The number of alkyl carbamates (subject to hydrolysis) is 1. The Kier molecular flexibility index (Phi) is 6.87. The maximum atomic E-state index is 12.6. The van der Waals surface area contributed by atoms with E-state index in [1.54, 1.807) is 34.9 Å². The Hall–Kier alpha value is -3.35. The minimum absolute atomic E-state index is 0.100. The fourth-order valence-electron chi connectivity index (χ4n) is 3.71. The highest BCUT2D eigenvalue weighted by molar-refractivity contribution is 5.88. The molecular weight excluding hydrogens is 408 g/mol. The molecule has 0 heterocycles. The molecule has 7 nitrogen and oxygen atoms in total. The molecule has 0 spiro atoms. The molecule has 0 radical (unpaired) electrons. The van der Waals surface area contributed by atoms with Crippen LogP contribution in [0.5, 0.6) is 0 Å². The van der Waals surface area contributed by atoms with Crippen LogP contribution < -0.4 is 5.32 Å². The molecule has 0 saturated carbocycles. The molecule has 0 aromatic heterocycles. The number of ether oxygens (including phenoxy) is 2. The van der Waals surface area contributed by atoms with Gasteiger partial charge in [-0.25, -0.2) is 9.59 Å². The summed E-state index contributed by atoms with van der Waals surface area (Å²) < 4.78 is 10.9. The summed E-state index contributed by atoms with van der Waals surface area (Å²) in [5.74, 6) is -1.09. The van der Waals surface area contributed by atoms with Gasteiger partial charge in [-0.2, -0.15) is 0 Å². The predicted octanol–water partition coefficient (Wildman–Crippen LogP) is 3.71. The molecule has 0 bridgehead atoms. The normalized spacial score (nSPS) is 13.5. The van der Waals surface area contributed by atoms with Crippen molar-refractivity contribution in [1.29, 1.82) is 0 Å². The standard InChI is InChI=1S/C25H30N2O5/c1-25(2,3)32-23(29)21(14-22(28)27(4)5)26-24(30)31-15-20-18-12-8-6-10-16(18)17-11-7-9-13-19(17)20/h6-13,20-21H,14-15H2,1-5H3,(H,26,30)/t21-/m0/s1. The Balaban J connectivity index is 1.70. The van der Waals surface area contributed by atoms with Crippen LogP contribution in [0.3, 0.4) is 0 Å². The zero-order valence-corrected chi connectivity index (χ0v) is 19.2. The van der Waals surface area contributed by atoms with Crippen molar-refractivity contribution in [1.82, 2.24) is 10.2 Å². The third kappa shape index (κ3) is 5.46. The Morgan fingerprint density at radius 3 is 2.00 bits per heavy atom. The van der Waals surface area contributed by atoms with Gasteiger partial charge in [-0.05, 0) is 43.0 Å². The average Bonchev–Trinajstić information content (AvgIpc) is 3.04. The summed E-state index contributed by atoms with van der Waals surface area (Å²) in [6.07, 6.45) is -0.985. The van der Waals surface area contributed by atoms with E-state index in [-0.39, 0.29) is 24.9 Å². The van der Waals surface area contributed by atoms with E-state index in [2.05, 4.69) is 17.4 Å². The van der Waals surface area contributed by atoms with Crippen LogP contribution in [-0.4, -0.2) is 55.2 Å². The average molecular weight is 439 g/mol. The fourth-order valence-corrected chi connectivity index (χ4v) is 3.71. The second-order valence-electron chi connectivity index (χ2n) is 9.05. The summed E-state index contributed by atoms with van der Waals surface area (Å²) in [6.45, 7) is 5.29. The number of nitrogens with zero attached hydrogens (tertiary/aromatic N) is 1. The van der Waals surface area contributed by atoms with Crippen LogP contribution in [-0.2, 0) is 19.1 Å². The van der Waals surface area contributed by atoms with Crippen molar-refractivity contribution in [2.75, 3.05) is 20.7 Å². The third-order valence-corrected chi connectivity index (χ3v) is 5.20. The van der Waals surface area contributed by atoms with E-state index in [9.17, 15) is 14.4 Å². The number of hydrogen-bond donors (Lipinski definition) is 1. The molecule has 0 unspecified atom stereocenters. The third-order valence-electron chi connectivity index (χ3n) is 5.20. The molecule has 0 saturated heterocycles. The predicted molar refractivity (Wildman–Crippen MR) is 121 cm³/mol. The van der Waals surface area contributed by atoms with Crippen molar-refractivity contribution < 1.29 is 23.9 Å². The van der Waals surface area contributed by atoms with Gasteiger partial charge < -0.3 is 19.7 Å². The van der Waals surface area contributed by atoms with Crippen molar-refractivity contribution in [3.8, 4) is 11.1 Å². The maximum absolute atomic E-state index is 12.6. The molecule has 32 heavy (non-hydrogen) atoms. The van der Waals surface area contributed by atoms with Crippen molar-refractivity contribution >= 4 is 18.0 Å². The summed E-state index contributed by atoms with van der Waals surface area (Å²) in [6, 6.07) is 14.9. The van der Waals surface area contributed by atoms with E-state index in [0.717, 1.165) is 22.3 Å². The first-order valence-electron chi connectivity index (χ1n) is 10.6. The van der Waals surface area contributed by atoms with Crippen LogP contribution in [0.25, 0.3) is 11.1 Å². The first-order chi connectivity index (χ1) is 15.1. The molecule has 2 amide bonds. The van der Waals surface area contributed by atoms with Gasteiger partial charge in [0.2, 0.25) is 5.91 Å². The topological polar surface area (TPSA) is 84.9 Å². The Bertz CT molecular complexity index is 964. The number of fused-ring (bicyclic) bond motifs is 3. The molecular formula is C25H30N2O5. The number of benzene rings is 2. The maximum Gasteiger partial charge on any atom is 0.407 e. The lowest BCUT2D eigenvalue weighted by atomic mass is 9.98. The quantitative estimate of drug-likeness (QED) is 0.695. The minimum atomic E-state index is -1.14. The van der Waals surface area contributed by atoms with Crippen molar-refractivity contribution in [3.05, 3.63) is 59.7 Å². The van der Waals surface area contributed by atoms with Gasteiger partial charge in [0, 0.05) is 20.0 Å². The Labute approximate surface area is 188 Å². The van der Waals surface area contributed by atoms with E-state index < -0.39 is 23.7 Å². The van der Waals surface area contributed by atoms with E-state index in [4.69, 9.17) is 9.47 Å². The van der Waals surface area contributed by atoms with Crippen molar-refractivity contribution in [2.45, 2.75) is 44.8 Å². The van der Waals surface area contributed by atoms with Gasteiger partial charge in [0.1, 0.15) is 18.2 Å². The summed E-state index contributed by atoms with van der Waals surface area (Å²) in [4.78, 5) is 38.7. The van der Waals surface area contributed by atoms with Gasteiger partial charge in [-0.15, -0.1) is 0 Å². The van der Waals surface area contributed by atoms with Crippen molar-refractivity contribution in [2.24, 2.45) is 0 Å². The second kappa shape index (κ2) is 9.42. The van der Waals surface area contributed by atoms with Crippen LogP contribution in [0.2, 0.25) is 0 Å². The molecule has 1 N–H and O–H groups in total. The lowest BCUT2D eigenvalue weighted by Crippen LogP contribution is -2.47. The molecule has 2 aromatic rings. The van der Waals surface area contributed by atoms with Crippen LogP contribution in [0, 0.1) is 0 Å². The number of carbonyl (C=O) groups excluding carboxylic acids is 3. The van der Waals surface area contributed by atoms with Crippen LogP contribution in [0.15, 0.2) is 48.5 Å². The number of rotatable bonds is 6. The van der Waals surface area contributed by atoms with E-state index in [1.807, 2.05) is 36.4 Å². The first-order valence-corrected chi connectivity index (χ1v) is 10.6. The number of nitrogens with one attached hydrogen (secondary N) is 1. The van der Waals surface area contributed by atoms with Crippen molar-refractivity contribution in [3.63, 3.8) is 0 Å². The minimum Gasteiger partial charge on any atom is -0.458 e. The van der Waals surface area contributed by atoms with E-state index in [0.29, 0.717) is 0 Å². The van der Waals surface area contributed by atoms with E-state index >= 15 is 0 Å². The molecule has 0 fully saturated rings. The monoisotopic (exact) mass is 438 g/mol. The Morgan fingerprint density at radius 1 is 0.969 bits per heavy atom. The summed E-state index contributed by atoms with van der Waals surface area (Å²) >= 11 is 0. The van der Waals surface area contributed by atoms with Crippen LogP contribution in [0.4, 0.5) is 4.79 Å². The molecule has 170 valence electrons. The number of carbonyl (C=O) groups is 3. The zero-order valence-electron chi connectivity index (χ0n) is 19.2. The summed E-state index contributed by atoms with van der Waals surface area (Å²) in [5, 5.41) is 2.51. The lowest BCUT2D eigenvalue weighted by molar-refractivity contribution is -0.158. The summed E-state index contributed by atoms with van der Waals surface area (Å²) in [5.41, 5.74) is 3.68. The highest BCUT2D eigenvalue weighted by atomic mass is 16.6. The second-order valence-corrected chi connectivity index (χ2v) is 9.05. The summed E-state index contributed by atoms with van der Waals surface area (Å²) in [7, 11) is 3.17. The molecule has 3 rings (SSSR count). The molecule has 1 aliphatic rings. The molecule has 1 aliphatic carbocycles. The lowest BCUT2D eigenvalue weighted by Gasteiger charge is -2.25.